The summed E-state index contributed by atoms with van der Waals surface area (Å²) in [7, 11) is 0. The van der Waals surface area contributed by atoms with Gasteiger partial charge in [0, 0.05) is 35.6 Å². The van der Waals surface area contributed by atoms with E-state index < -0.39 is 0 Å². The summed E-state index contributed by atoms with van der Waals surface area (Å²) in [5.74, 6) is -0.107. The largest absolute Gasteiger partial charge is 0.372 e. The zero-order chi connectivity index (χ0) is 21.1. The molecular weight excluding hydrogens is 390 g/mol. The second-order valence-corrected chi connectivity index (χ2v) is 8.27. The van der Waals surface area contributed by atoms with E-state index in [2.05, 4.69) is 49.2 Å². The van der Waals surface area contributed by atoms with Crippen LogP contribution < -0.4 is 10.2 Å². The summed E-state index contributed by atoms with van der Waals surface area (Å²) in [6, 6.07) is 21.9. The van der Waals surface area contributed by atoms with Crippen LogP contribution in [0.25, 0.3) is 20.8 Å². The fourth-order valence-corrected chi connectivity index (χ4v) is 4.54. The van der Waals surface area contributed by atoms with Crippen molar-refractivity contribution in [3.05, 3.63) is 77.9 Å². The molecular formula is C25H25N3OS. The minimum atomic E-state index is -0.107. The van der Waals surface area contributed by atoms with Crippen molar-refractivity contribution >= 4 is 38.8 Å². The highest BCUT2D eigenvalue weighted by atomic mass is 32.1. The van der Waals surface area contributed by atoms with Gasteiger partial charge >= 0.3 is 0 Å². The van der Waals surface area contributed by atoms with Gasteiger partial charge in [-0.25, -0.2) is 4.98 Å². The molecule has 1 amide bonds. The second-order valence-electron chi connectivity index (χ2n) is 7.24. The van der Waals surface area contributed by atoms with Crippen LogP contribution in [-0.2, 0) is 0 Å². The van der Waals surface area contributed by atoms with Crippen molar-refractivity contribution in [3.8, 4) is 10.6 Å². The lowest BCUT2D eigenvalue weighted by Crippen LogP contribution is -2.21. The molecule has 0 fully saturated rings. The number of thiazole rings is 1. The maximum Gasteiger partial charge on any atom is 0.255 e. The summed E-state index contributed by atoms with van der Waals surface area (Å²) >= 11 is 1.69. The van der Waals surface area contributed by atoms with Crippen LogP contribution in [0, 0.1) is 6.92 Å². The maximum atomic E-state index is 12.6. The average Bonchev–Trinajstić information content (AvgIpc) is 3.19. The van der Waals surface area contributed by atoms with Crippen LogP contribution in [0.4, 0.5) is 11.4 Å². The van der Waals surface area contributed by atoms with Gasteiger partial charge in [0.25, 0.3) is 5.91 Å². The molecule has 0 radical (unpaired) electrons. The van der Waals surface area contributed by atoms with Crippen LogP contribution in [0.15, 0.2) is 66.7 Å². The molecule has 4 aromatic rings. The number of nitrogens with one attached hydrogen (secondary N) is 1. The number of hydrogen-bond acceptors (Lipinski definition) is 4. The third kappa shape index (κ3) is 4.21. The number of aromatic nitrogens is 1. The molecule has 1 heterocycles. The van der Waals surface area contributed by atoms with Crippen LogP contribution >= 0.6 is 11.3 Å². The number of aryl methyl sites for hydroxylation is 1. The molecule has 0 aliphatic rings. The normalized spacial score (nSPS) is 10.9. The molecule has 0 atom stereocenters. The number of fused-ring (bicyclic) bond motifs is 1. The number of anilines is 2. The van der Waals surface area contributed by atoms with Crippen LogP contribution in [0.3, 0.4) is 0 Å². The highest BCUT2D eigenvalue weighted by Crippen LogP contribution is 2.31. The summed E-state index contributed by atoms with van der Waals surface area (Å²) in [4.78, 5) is 19.6. The lowest BCUT2D eigenvalue weighted by atomic mass is 10.1. The topological polar surface area (TPSA) is 45.2 Å². The monoisotopic (exact) mass is 415 g/mol. The highest BCUT2D eigenvalue weighted by Gasteiger charge is 2.10. The Morgan fingerprint density at radius 2 is 1.67 bits per heavy atom. The zero-order valence-electron chi connectivity index (χ0n) is 17.5. The van der Waals surface area contributed by atoms with E-state index in [0.29, 0.717) is 5.56 Å². The first-order valence-corrected chi connectivity index (χ1v) is 11.0. The summed E-state index contributed by atoms with van der Waals surface area (Å²) in [5.41, 5.74) is 5.86. The molecule has 0 aliphatic heterocycles. The molecule has 0 aliphatic carbocycles. The van der Waals surface area contributed by atoms with Gasteiger partial charge in [-0.2, -0.15) is 0 Å². The molecule has 1 N–H and O–H groups in total. The smallest absolute Gasteiger partial charge is 0.255 e. The molecule has 0 spiro atoms. The SMILES string of the molecule is CCN(CC)c1ccc(C(=O)Nc2ccc(-c3nc4ccc(C)cc4s3)cc2)cc1. The first-order valence-electron chi connectivity index (χ1n) is 10.2. The van der Waals surface area contributed by atoms with E-state index in [1.54, 1.807) is 11.3 Å². The van der Waals surface area contributed by atoms with Gasteiger partial charge in [-0.15, -0.1) is 11.3 Å². The Hall–Kier alpha value is -3.18. The van der Waals surface area contributed by atoms with E-state index in [1.165, 1.54) is 10.3 Å². The maximum absolute atomic E-state index is 12.6. The minimum absolute atomic E-state index is 0.107. The number of carbonyl (C=O) groups excluding carboxylic acids is 1. The van der Waals surface area contributed by atoms with Gasteiger partial charge in [0.15, 0.2) is 0 Å². The molecule has 0 unspecified atom stereocenters. The quantitative estimate of drug-likeness (QED) is 0.398. The van der Waals surface area contributed by atoms with E-state index in [-0.39, 0.29) is 5.91 Å². The molecule has 0 saturated carbocycles. The Kier molecular flexibility index (Phi) is 5.81. The van der Waals surface area contributed by atoms with E-state index in [1.807, 2.05) is 48.5 Å². The fourth-order valence-electron chi connectivity index (χ4n) is 3.47. The molecule has 0 saturated heterocycles. The summed E-state index contributed by atoms with van der Waals surface area (Å²) < 4.78 is 1.19. The average molecular weight is 416 g/mol. The van der Waals surface area contributed by atoms with Gasteiger partial charge < -0.3 is 10.2 Å². The van der Waals surface area contributed by atoms with E-state index >= 15 is 0 Å². The lowest BCUT2D eigenvalue weighted by Gasteiger charge is -2.21. The van der Waals surface area contributed by atoms with Gasteiger partial charge in [-0.3, -0.25) is 4.79 Å². The van der Waals surface area contributed by atoms with Gasteiger partial charge in [0.2, 0.25) is 0 Å². The number of hydrogen-bond donors (Lipinski definition) is 1. The Morgan fingerprint density at radius 1 is 0.967 bits per heavy atom. The number of benzene rings is 3. The van der Waals surface area contributed by atoms with E-state index in [4.69, 9.17) is 4.98 Å². The van der Waals surface area contributed by atoms with Crippen LogP contribution in [0.5, 0.6) is 0 Å². The molecule has 1 aromatic heterocycles. The van der Waals surface area contributed by atoms with E-state index in [0.717, 1.165) is 40.6 Å². The zero-order valence-corrected chi connectivity index (χ0v) is 18.3. The van der Waals surface area contributed by atoms with Gasteiger partial charge in [-0.05, 0) is 87.0 Å². The lowest BCUT2D eigenvalue weighted by molar-refractivity contribution is 0.102. The number of carbonyl (C=O) groups is 1. The Balaban J connectivity index is 1.46. The summed E-state index contributed by atoms with van der Waals surface area (Å²) in [6.45, 7) is 8.24. The molecule has 30 heavy (non-hydrogen) atoms. The summed E-state index contributed by atoms with van der Waals surface area (Å²) in [5, 5.41) is 3.96. The third-order valence-electron chi connectivity index (χ3n) is 5.19. The predicted molar refractivity (Wildman–Crippen MR) is 128 cm³/mol. The van der Waals surface area contributed by atoms with Crippen molar-refractivity contribution in [2.24, 2.45) is 0 Å². The van der Waals surface area contributed by atoms with Gasteiger partial charge in [-0.1, -0.05) is 6.07 Å². The first kappa shape index (κ1) is 20.1. The number of amides is 1. The predicted octanol–water partition coefficient (Wildman–Crippen LogP) is 6.37. The molecule has 4 nitrogen and oxygen atoms in total. The standard InChI is InChI=1S/C25H25N3OS/c1-4-28(5-2)21-13-9-18(10-14-21)24(29)26-20-11-7-19(8-12-20)25-27-22-15-6-17(3)16-23(22)30-25/h6-16H,4-5H2,1-3H3,(H,26,29). The van der Waals surface area contributed by atoms with Crippen molar-refractivity contribution in [3.63, 3.8) is 0 Å². The second kappa shape index (κ2) is 8.67. The van der Waals surface area contributed by atoms with Crippen molar-refractivity contribution in [2.45, 2.75) is 20.8 Å². The Morgan fingerprint density at radius 3 is 2.33 bits per heavy atom. The molecule has 4 rings (SSSR count). The Labute approximate surface area is 181 Å². The third-order valence-corrected chi connectivity index (χ3v) is 6.26. The molecule has 5 heteroatoms. The molecule has 3 aromatic carbocycles. The van der Waals surface area contributed by atoms with Crippen molar-refractivity contribution in [2.75, 3.05) is 23.3 Å². The van der Waals surface area contributed by atoms with Crippen molar-refractivity contribution in [1.82, 2.24) is 4.98 Å². The fraction of sp³-hybridized carbons (Fsp3) is 0.200. The van der Waals surface area contributed by atoms with Crippen molar-refractivity contribution < 1.29 is 4.79 Å². The Bertz CT molecular complexity index is 1160. The molecule has 0 bridgehead atoms. The molecule has 152 valence electrons. The number of rotatable bonds is 6. The van der Waals surface area contributed by atoms with E-state index in [9.17, 15) is 4.79 Å². The van der Waals surface area contributed by atoms with Crippen molar-refractivity contribution in [1.29, 1.82) is 0 Å². The minimum Gasteiger partial charge on any atom is -0.372 e. The summed E-state index contributed by atoms with van der Waals surface area (Å²) in [6.07, 6.45) is 0. The highest BCUT2D eigenvalue weighted by molar-refractivity contribution is 7.21. The van der Waals surface area contributed by atoms with Crippen LogP contribution in [0.2, 0.25) is 0 Å². The first-order chi connectivity index (χ1) is 14.6. The number of nitrogens with zero attached hydrogens (tertiary/aromatic N) is 2. The van der Waals surface area contributed by atoms with Crippen LogP contribution in [0.1, 0.15) is 29.8 Å². The van der Waals surface area contributed by atoms with Gasteiger partial charge in [0.1, 0.15) is 5.01 Å². The van der Waals surface area contributed by atoms with Crippen LogP contribution in [-0.4, -0.2) is 24.0 Å². The van der Waals surface area contributed by atoms with Gasteiger partial charge in [0.05, 0.1) is 10.2 Å².